The van der Waals surface area contributed by atoms with Gasteiger partial charge in [-0.1, -0.05) is 42.5 Å². The molecule has 1 aromatic heterocycles. The molecule has 0 saturated carbocycles. The largest absolute Gasteiger partial charge is 0.375 e. The Balaban J connectivity index is 1.68. The van der Waals surface area contributed by atoms with Crippen LogP contribution in [0, 0.1) is 5.82 Å². The Kier molecular flexibility index (Phi) is 5.53. The van der Waals surface area contributed by atoms with Gasteiger partial charge in [-0.25, -0.2) is 9.07 Å². The summed E-state index contributed by atoms with van der Waals surface area (Å²) in [5.74, 6) is -1.63. The number of halogens is 1. The number of aromatic nitrogens is 2. The number of nitrogens with two attached hydrogens (primary N) is 1. The first-order chi connectivity index (χ1) is 16.5. The smallest absolute Gasteiger partial charge is 0.278 e. The first-order valence-corrected chi connectivity index (χ1v) is 10.7. The van der Waals surface area contributed by atoms with E-state index in [-0.39, 0.29) is 5.69 Å². The van der Waals surface area contributed by atoms with E-state index in [9.17, 15) is 14.0 Å². The zero-order valence-electron chi connectivity index (χ0n) is 18.2. The molecule has 8 heteroatoms. The number of methoxy groups -OCH3 is 1. The first-order valence-electron chi connectivity index (χ1n) is 10.7. The van der Waals surface area contributed by atoms with Gasteiger partial charge in [-0.15, -0.1) is 0 Å². The van der Waals surface area contributed by atoms with Crippen LogP contribution in [0.15, 0.2) is 78.9 Å². The van der Waals surface area contributed by atoms with Gasteiger partial charge in [0.15, 0.2) is 5.69 Å². The van der Waals surface area contributed by atoms with Crippen molar-refractivity contribution in [2.45, 2.75) is 12.1 Å². The van der Waals surface area contributed by atoms with Gasteiger partial charge in [0, 0.05) is 23.8 Å². The molecule has 1 aliphatic carbocycles. The van der Waals surface area contributed by atoms with Crippen molar-refractivity contribution in [3.8, 4) is 16.9 Å². The molecule has 7 nitrogen and oxygen atoms in total. The fraction of sp³-hybridized carbons (Fsp3) is 0.115. The van der Waals surface area contributed by atoms with Gasteiger partial charge in [0.2, 0.25) is 0 Å². The van der Waals surface area contributed by atoms with Crippen molar-refractivity contribution in [3.05, 3.63) is 107 Å². The number of ether oxygens (including phenoxy) is 1. The van der Waals surface area contributed by atoms with Gasteiger partial charge in [-0.05, 0) is 42.0 Å². The molecule has 0 fully saturated rings. The maximum absolute atomic E-state index is 13.6. The van der Waals surface area contributed by atoms with E-state index < -0.39 is 29.8 Å². The number of nitrogens with zero attached hydrogens (tertiary/aromatic N) is 2. The Hall–Kier alpha value is -4.14. The SMILES string of the molecule is COC1c2ccccc2-c2c(c(C(=O)NC(=O)c3ccccc3)nn2-c2ccc(F)cc2)C1N. The normalized spacial score (nSPS) is 16.4. The highest BCUT2D eigenvalue weighted by Crippen LogP contribution is 2.46. The topological polar surface area (TPSA) is 99.2 Å². The summed E-state index contributed by atoms with van der Waals surface area (Å²) in [7, 11) is 1.55. The molecule has 34 heavy (non-hydrogen) atoms. The van der Waals surface area contributed by atoms with Crippen LogP contribution < -0.4 is 11.1 Å². The maximum atomic E-state index is 13.6. The minimum atomic E-state index is -0.725. The average molecular weight is 456 g/mol. The predicted octanol–water partition coefficient (Wildman–Crippen LogP) is 3.95. The van der Waals surface area contributed by atoms with E-state index in [0.29, 0.717) is 22.5 Å². The monoisotopic (exact) mass is 456 g/mol. The van der Waals surface area contributed by atoms with Gasteiger partial charge in [0.25, 0.3) is 11.8 Å². The van der Waals surface area contributed by atoms with E-state index >= 15 is 0 Å². The number of carbonyl (C=O) groups is 2. The molecule has 3 N–H and O–H groups in total. The fourth-order valence-corrected chi connectivity index (χ4v) is 4.35. The molecule has 170 valence electrons. The van der Waals surface area contributed by atoms with Crippen LogP contribution in [0.25, 0.3) is 16.9 Å². The van der Waals surface area contributed by atoms with Crippen molar-refractivity contribution in [1.82, 2.24) is 15.1 Å². The van der Waals surface area contributed by atoms with Gasteiger partial charge in [-0.2, -0.15) is 5.10 Å². The summed E-state index contributed by atoms with van der Waals surface area (Å²) in [4.78, 5) is 25.9. The van der Waals surface area contributed by atoms with E-state index in [1.165, 1.54) is 12.1 Å². The summed E-state index contributed by atoms with van der Waals surface area (Å²) in [5, 5.41) is 6.95. The van der Waals surface area contributed by atoms with Crippen LogP contribution in [-0.2, 0) is 4.74 Å². The highest BCUT2D eigenvalue weighted by atomic mass is 19.1. The minimum Gasteiger partial charge on any atom is -0.375 e. The first kappa shape index (κ1) is 21.7. The number of amides is 2. The Bertz CT molecular complexity index is 1380. The molecular weight excluding hydrogens is 435 g/mol. The van der Waals surface area contributed by atoms with Gasteiger partial charge in [0.05, 0.1) is 17.4 Å². The summed E-state index contributed by atoms with van der Waals surface area (Å²) < 4.78 is 20.9. The third-order valence-electron chi connectivity index (χ3n) is 5.91. The molecule has 0 spiro atoms. The number of nitrogens with one attached hydrogen (secondary N) is 1. The molecule has 2 unspecified atom stereocenters. The summed E-state index contributed by atoms with van der Waals surface area (Å²) in [5.41, 5.74) is 10.2. The number of rotatable bonds is 4. The lowest BCUT2D eigenvalue weighted by Gasteiger charge is -2.31. The molecule has 3 aromatic carbocycles. The third kappa shape index (κ3) is 3.59. The number of hydrogen-bond donors (Lipinski definition) is 2. The zero-order valence-corrected chi connectivity index (χ0v) is 18.2. The molecule has 0 bridgehead atoms. The lowest BCUT2D eigenvalue weighted by Crippen LogP contribution is -2.33. The lowest BCUT2D eigenvalue weighted by molar-refractivity contribution is 0.0776. The number of hydrogen-bond acceptors (Lipinski definition) is 5. The lowest BCUT2D eigenvalue weighted by atomic mass is 9.83. The highest BCUT2D eigenvalue weighted by molar-refractivity contribution is 6.10. The van der Waals surface area contributed by atoms with Crippen LogP contribution in [0.4, 0.5) is 4.39 Å². The molecule has 1 heterocycles. The standard InChI is InChI=1S/C26H21FN4O3/c1-34-24-19-10-6-5-9-18(19)23-20(21(24)28)22(30-31(23)17-13-11-16(27)12-14-17)26(33)29-25(32)15-7-3-2-4-8-15/h2-14,21,24H,28H2,1H3,(H,29,32,33). The quantitative estimate of drug-likeness (QED) is 0.453. The average Bonchev–Trinajstić information content (AvgIpc) is 3.27. The van der Waals surface area contributed by atoms with Gasteiger partial charge < -0.3 is 10.5 Å². The van der Waals surface area contributed by atoms with Crippen LogP contribution in [-0.4, -0.2) is 28.7 Å². The van der Waals surface area contributed by atoms with Crippen molar-refractivity contribution in [1.29, 1.82) is 0 Å². The molecular formula is C26H21FN4O3. The van der Waals surface area contributed by atoms with Crippen LogP contribution in [0.1, 0.15) is 44.1 Å². The molecule has 0 aliphatic heterocycles. The zero-order chi connectivity index (χ0) is 23.8. The van der Waals surface area contributed by atoms with E-state index in [1.54, 1.807) is 54.3 Å². The number of carbonyl (C=O) groups excluding carboxylic acids is 2. The Morgan fingerprint density at radius 1 is 0.971 bits per heavy atom. The van der Waals surface area contributed by atoms with Crippen LogP contribution in [0.5, 0.6) is 0 Å². The Labute approximate surface area is 195 Å². The molecule has 4 aromatic rings. The van der Waals surface area contributed by atoms with Crippen molar-refractivity contribution >= 4 is 11.8 Å². The summed E-state index contributed by atoms with van der Waals surface area (Å²) >= 11 is 0. The van der Waals surface area contributed by atoms with Crippen molar-refractivity contribution < 1.29 is 18.7 Å². The summed E-state index contributed by atoms with van der Waals surface area (Å²) in [6, 6.07) is 21.0. The van der Waals surface area contributed by atoms with Crippen molar-refractivity contribution in [3.63, 3.8) is 0 Å². The second-order valence-corrected chi connectivity index (χ2v) is 7.92. The molecule has 1 aliphatic rings. The molecule has 2 amide bonds. The fourth-order valence-electron chi connectivity index (χ4n) is 4.35. The Morgan fingerprint density at radius 2 is 1.65 bits per heavy atom. The van der Waals surface area contributed by atoms with Crippen molar-refractivity contribution in [2.24, 2.45) is 5.73 Å². The van der Waals surface area contributed by atoms with Gasteiger partial charge >= 0.3 is 0 Å². The predicted molar refractivity (Wildman–Crippen MR) is 124 cm³/mol. The molecule has 5 rings (SSSR count). The summed E-state index contributed by atoms with van der Waals surface area (Å²) in [6.45, 7) is 0. The van der Waals surface area contributed by atoms with Crippen molar-refractivity contribution in [2.75, 3.05) is 7.11 Å². The van der Waals surface area contributed by atoms with Gasteiger partial charge in [-0.3, -0.25) is 14.9 Å². The number of fused-ring (bicyclic) bond motifs is 3. The molecule has 0 saturated heterocycles. The van der Waals surface area contributed by atoms with E-state index in [4.69, 9.17) is 10.5 Å². The van der Waals surface area contributed by atoms with Crippen LogP contribution in [0.3, 0.4) is 0 Å². The van der Waals surface area contributed by atoms with Gasteiger partial charge in [0.1, 0.15) is 11.9 Å². The number of imide groups is 1. The van der Waals surface area contributed by atoms with E-state index in [0.717, 1.165) is 11.1 Å². The number of benzene rings is 3. The highest BCUT2D eigenvalue weighted by Gasteiger charge is 2.39. The van der Waals surface area contributed by atoms with Crippen LogP contribution >= 0.6 is 0 Å². The van der Waals surface area contributed by atoms with E-state index in [2.05, 4.69) is 10.4 Å². The Morgan fingerprint density at radius 3 is 2.35 bits per heavy atom. The van der Waals surface area contributed by atoms with E-state index in [1.807, 2.05) is 24.3 Å². The van der Waals surface area contributed by atoms with Crippen LogP contribution in [0.2, 0.25) is 0 Å². The third-order valence-corrected chi connectivity index (χ3v) is 5.91. The second kappa shape index (κ2) is 8.66. The molecule has 2 atom stereocenters. The minimum absolute atomic E-state index is 0.00709. The maximum Gasteiger partial charge on any atom is 0.278 e. The molecule has 0 radical (unpaired) electrons. The second-order valence-electron chi connectivity index (χ2n) is 7.92. The summed E-state index contributed by atoms with van der Waals surface area (Å²) in [6.07, 6.45) is -0.522.